The number of hydrogen-bond donors (Lipinski definition) is 1. The number of nitrogens with zero attached hydrogens (tertiary/aromatic N) is 3. The minimum absolute atomic E-state index is 0.0865. The quantitative estimate of drug-likeness (QED) is 0.322. The highest BCUT2D eigenvalue weighted by molar-refractivity contribution is 6.11. The standard InChI is InChI=1S/C21H17F3N4O4/c22-21(23,24)16-3-6-19(27-7-9-32-10-8-27)18(12-16)26-20(29)15(13-25)11-14-1-4-17(5-2-14)28(30)31/h1-6,11-12H,7-10H2,(H,26,29)/b15-11+. The third-order valence-electron chi connectivity index (χ3n) is 4.70. The van der Waals surface area contributed by atoms with E-state index in [-0.39, 0.29) is 16.9 Å². The number of nitro benzene ring substituents is 1. The van der Waals surface area contributed by atoms with Crippen molar-refractivity contribution >= 4 is 29.0 Å². The smallest absolute Gasteiger partial charge is 0.378 e. The van der Waals surface area contributed by atoms with Crippen molar-refractivity contribution < 1.29 is 27.6 Å². The lowest BCUT2D eigenvalue weighted by Gasteiger charge is -2.31. The maximum atomic E-state index is 13.2. The molecule has 0 aliphatic carbocycles. The number of non-ortho nitro benzene ring substituents is 1. The third kappa shape index (κ3) is 5.41. The monoisotopic (exact) mass is 446 g/mol. The number of nitriles is 1. The van der Waals surface area contributed by atoms with Crippen molar-refractivity contribution in [1.82, 2.24) is 0 Å². The van der Waals surface area contributed by atoms with E-state index in [4.69, 9.17) is 4.74 Å². The predicted octanol–water partition coefficient (Wildman–Crippen LogP) is 4.00. The normalized spacial score (nSPS) is 14.6. The van der Waals surface area contributed by atoms with Crippen LogP contribution in [-0.2, 0) is 15.7 Å². The number of benzene rings is 2. The van der Waals surface area contributed by atoms with Crippen LogP contribution in [0, 0.1) is 21.4 Å². The molecule has 0 unspecified atom stereocenters. The molecule has 2 aromatic carbocycles. The molecule has 11 heteroatoms. The van der Waals surface area contributed by atoms with Gasteiger partial charge in [0, 0.05) is 25.2 Å². The maximum absolute atomic E-state index is 13.2. The SMILES string of the molecule is N#C/C(=C\c1ccc([N+](=O)[O-])cc1)C(=O)Nc1cc(C(F)(F)F)ccc1N1CCOCC1. The van der Waals surface area contributed by atoms with Crippen LogP contribution < -0.4 is 10.2 Å². The number of nitro groups is 1. The molecular formula is C21H17F3N4O4. The van der Waals surface area contributed by atoms with Gasteiger partial charge in [-0.25, -0.2) is 0 Å². The molecular weight excluding hydrogens is 429 g/mol. The maximum Gasteiger partial charge on any atom is 0.416 e. The van der Waals surface area contributed by atoms with E-state index in [1.54, 1.807) is 11.0 Å². The van der Waals surface area contributed by atoms with E-state index < -0.39 is 22.6 Å². The second kappa shape index (κ2) is 9.49. The van der Waals surface area contributed by atoms with Crippen molar-refractivity contribution in [2.75, 3.05) is 36.5 Å². The van der Waals surface area contributed by atoms with Gasteiger partial charge in [-0.05, 0) is 42.0 Å². The van der Waals surface area contributed by atoms with Crippen LogP contribution in [0.4, 0.5) is 30.2 Å². The van der Waals surface area contributed by atoms with Crippen LogP contribution in [0.1, 0.15) is 11.1 Å². The molecule has 1 amide bonds. The summed E-state index contributed by atoms with van der Waals surface area (Å²) in [4.78, 5) is 24.6. The lowest BCUT2D eigenvalue weighted by molar-refractivity contribution is -0.384. The molecule has 1 aliphatic rings. The number of halogens is 3. The first kappa shape index (κ1) is 22.8. The molecule has 1 fully saturated rings. The largest absolute Gasteiger partial charge is 0.416 e. The average molecular weight is 446 g/mol. The number of nitrogens with one attached hydrogen (secondary N) is 1. The Morgan fingerprint density at radius 3 is 2.41 bits per heavy atom. The Morgan fingerprint density at radius 1 is 1.19 bits per heavy atom. The third-order valence-corrected chi connectivity index (χ3v) is 4.70. The zero-order valence-corrected chi connectivity index (χ0v) is 16.6. The molecule has 0 radical (unpaired) electrons. The first-order valence-electron chi connectivity index (χ1n) is 9.40. The van der Waals surface area contributed by atoms with Crippen molar-refractivity contribution in [3.63, 3.8) is 0 Å². The summed E-state index contributed by atoms with van der Waals surface area (Å²) in [5, 5.41) is 22.5. The van der Waals surface area contributed by atoms with Crippen LogP contribution >= 0.6 is 0 Å². The van der Waals surface area contributed by atoms with Crippen LogP contribution in [-0.4, -0.2) is 37.1 Å². The number of rotatable bonds is 5. The number of anilines is 2. The topological polar surface area (TPSA) is 108 Å². The molecule has 1 heterocycles. The van der Waals surface area contributed by atoms with Gasteiger partial charge >= 0.3 is 6.18 Å². The summed E-state index contributed by atoms with van der Waals surface area (Å²) in [6.07, 6.45) is -3.42. The molecule has 0 aromatic heterocycles. The van der Waals surface area contributed by atoms with Crippen LogP contribution in [0.25, 0.3) is 6.08 Å². The molecule has 32 heavy (non-hydrogen) atoms. The zero-order valence-electron chi connectivity index (χ0n) is 16.6. The van der Waals surface area contributed by atoms with Crippen molar-refractivity contribution in [1.29, 1.82) is 5.26 Å². The lowest BCUT2D eigenvalue weighted by Crippen LogP contribution is -2.37. The summed E-state index contributed by atoms with van der Waals surface area (Å²) < 4.78 is 44.9. The highest BCUT2D eigenvalue weighted by Gasteiger charge is 2.32. The number of carbonyl (C=O) groups excluding carboxylic acids is 1. The van der Waals surface area contributed by atoms with Gasteiger partial charge in [-0.15, -0.1) is 0 Å². The van der Waals surface area contributed by atoms with Gasteiger partial charge in [0.15, 0.2) is 0 Å². The molecule has 0 saturated carbocycles. The molecule has 0 spiro atoms. The molecule has 3 rings (SSSR count). The Kier molecular flexibility index (Phi) is 6.75. The summed E-state index contributed by atoms with van der Waals surface area (Å²) in [7, 11) is 0. The Labute approximate surface area is 180 Å². The fraction of sp³-hybridized carbons (Fsp3) is 0.238. The van der Waals surface area contributed by atoms with E-state index in [0.29, 0.717) is 37.6 Å². The van der Waals surface area contributed by atoms with Gasteiger partial charge in [0.25, 0.3) is 11.6 Å². The van der Waals surface area contributed by atoms with Gasteiger partial charge in [0.05, 0.1) is 35.1 Å². The van der Waals surface area contributed by atoms with Gasteiger partial charge in [-0.1, -0.05) is 0 Å². The van der Waals surface area contributed by atoms with Crippen LogP contribution in [0.15, 0.2) is 48.0 Å². The molecule has 0 bridgehead atoms. The van der Waals surface area contributed by atoms with Crippen molar-refractivity contribution in [3.8, 4) is 6.07 Å². The molecule has 2 aromatic rings. The van der Waals surface area contributed by atoms with Gasteiger partial charge in [-0.3, -0.25) is 14.9 Å². The average Bonchev–Trinajstić information content (AvgIpc) is 2.77. The second-order valence-electron chi connectivity index (χ2n) is 6.80. The van der Waals surface area contributed by atoms with Crippen LogP contribution in [0.5, 0.6) is 0 Å². The summed E-state index contributed by atoms with van der Waals surface area (Å²) in [5.41, 5.74) is -0.838. The van der Waals surface area contributed by atoms with Crippen molar-refractivity contribution in [2.45, 2.75) is 6.18 Å². The number of amides is 1. The van der Waals surface area contributed by atoms with E-state index in [0.717, 1.165) is 12.1 Å². The van der Waals surface area contributed by atoms with E-state index >= 15 is 0 Å². The van der Waals surface area contributed by atoms with E-state index in [9.17, 15) is 33.3 Å². The Bertz CT molecular complexity index is 1090. The number of alkyl halides is 3. The number of carbonyl (C=O) groups is 1. The molecule has 1 saturated heterocycles. The number of ether oxygens (including phenoxy) is 1. The number of morpholine rings is 1. The van der Waals surface area contributed by atoms with Gasteiger partial charge < -0.3 is 15.0 Å². The minimum Gasteiger partial charge on any atom is -0.378 e. The van der Waals surface area contributed by atoms with E-state index in [1.165, 1.54) is 36.4 Å². The Hall–Kier alpha value is -3.91. The Balaban J connectivity index is 1.91. The van der Waals surface area contributed by atoms with E-state index in [1.807, 2.05) is 0 Å². The van der Waals surface area contributed by atoms with Gasteiger partial charge in [0.2, 0.25) is 0 Å². The van der Waals surface area contributed by atoms with Crippen molar-refractivity contribution in [2.24, 2.45) is 0 Å². The summed E-state index contributed by atoms with van der Waals surface area (Å²) in [6, 6.07) is 9.86. The predicted molar refractivity (Wildman–Crippen MR) is 110 cm³/mol. The van der Waals surface area contributed by atoms with Gasteiger partial charge in [-0.2, -0.15) is 18.4 Å². The molecule has 0 atom stereocenters. The fourth-order valence-corrected chi connectivity index (χ4v) is 3.09. The van der Waals surface area contributed by atoms with Crippen LogP contribution in [0.2, 0.25) is 0 Å². The van der Waals surface area contributed by atoms with Crippen molar-refractivity contribution in [3.05, 3.63) is 69.3 Å². The summed E-state index contributed by atoms with van der Waals surface area (Å²) >= 11 is 0. The van der Waals surface area contributed by atoms with E-state index in [2.05, 4.69) is 5.32 Å². The molecule has 166 valence electrons. The molecule has 8 nitrogen and oxygen atoms in total. The Morgan fingerprint density at radius 2 is 1.84 bits per heavy atom. The lowest BCUT2D eigenvalue weighted by atomic mass is 10.1. The summed E-state index contributed by atoms with van der Waals surface area (Å²) in [5.74, 6) is -0.903. The fourth-order valence-electron chi connectivity index (χ4n) is 3.09. The minimum atomic E-state index is -4.62. The second-order valence-corrected chi connectivity index (χ2v) is 6.80. The highest BCUT2D eigenvalue weighted by Crippen LogP contribution is 2.36. The van der Waals surface area contributed by atoms with Gasteiger partial charge in [0.1, 0.15) is 11.6 Å². The molecule has 1 aliphatic heterocycles. The number of hydrogen-bond acceptors (Lipinski definition) is 6. The highest BCUT2D eigenvalue weighted by atomic mass is 19.4. The first-order chi connectivity index (χ1) is 15.2. The molecule has 1 N–H and O–H groups in total. The zero-order chi connectivity index (χ0) is 23.3. The van der Waals surface area contributed by atoms with Crippen LogP contribution in [0.3, 0.4) is 0 Å². The summed E-state index contributed by atoms with van der Waals surface area (Å²) in [6.45, 7) is 1.63. The first-order valence-corrected chi connectivity index (χ1v) is 9.40.